The molecule has 86 valence electrons. The summed E-state index contributed by atoms with van der Waals surface area (Å²) in [7, 11) is 0. The Bertz CT molecular complexity index is 504. The average molecular weight is 243 g/mol. The molecule has 0 radical (unpaired) electrons. The molecule has 2 nitrogen and oxygen atoms in total. The molecule has 17 heavy (non-hydrogen) atoms. The molecule has 3 heteroatoms. The molecular weight excluding hydrogens is 230 g/mol. The third-order valence-electron chi connectivity index (χ3n) is 2.79. The van der Waals surface area contributed by atoms with Crippen LogP contribution in [0, 0.1) is 0 Å². The lowest BCUT2D eigenvalue weighted by Crippen LogP contribution is -2.09. The van der Waals surface area contributed by atoms with Gasteiger partial charge < -0.3 is 4.74 Å². The number of hydrogen-bond acceptors (Lipinski definition) is 3. The summed E-state index contributed by atoms with van der Waals surface area (Å²) in [6.45, 7) is 0.695. The lowest BCUT2D eigenvalue weighted by molar-refractivity contribution is 0.317. The standard InChI is InChI=1S/C14H13NOS/c1-2-4-11(5-3-1)8-13-9-16-14(15-13)12-6-7-17-10-12/h1-7,10,13H,8-9H2/t13-/m0/s1. The van der Waals surface area contributed by atoms with Gasteiger partial charge in [0.15, 0.2) is 0 Å². The van der Waals surface area contributed by atoms with E-state index in [1.54, 1.807) is 11.3 Å². The maximum absolute atomic E-state index is 5.64. The first-order valence-corrected chi connectivity index (χ1v) is 6.63. The van der Waals surface area contributed by atoms with Crippen molar-refractivity contribution in [2.24, 2.45) is 4.99 Å². The molecule has 1 atom stereocenters. The second kappa shape index (κ2) is 4.72. The topological polar surface area (TPSA) is 21.6 Å². The first-order chi connectivity index (χ1) is 8.42. The van der Waals surface area contributed by atoms with Crippen molar-refractivity contribution in [2.45, 2.75) is 12.5 Å². The van der Waals surface area contributed by atoms with Crippen LogP contribution in [0.25, 0.3) is 0 Å². The van der Waals surface area contributed by atoms with E-state index in [2.05, 4.69) is 34.6 Å². The van der Waals surface area contributed by atoms with Gasteiger partial charge in [-0.1, -0.05) is 30.3 Å². The fourth-order valence-electron chi connectivity index (χ4n) is 1.95. The van der Waals surface area contributed by atoms with Crippen molar-refractivity contribution >= 4 is 17.2 Å². The lowest BCUT2D eigenvalue weighted by atomic mass is 10.1. The highest BCUT2D eigenvalue weighted by Gasteiger charge is 2.20. The predicted molar refractivity (Wildman–Crippen MR) is 70.7 cm³/mol. The molecule has 1 aromatic heterocycles. The number of hydrogen-bond donors (Lipinski definition) is 0. The molecule has 1 aliphatic heterocycles. The summed E-state index contributed by atoms with van der Waals surface area (Å²) in [4.78, 5) is 4.63. The molecule has 0 aliphatic carbocycles. The van der Waals surface area contributed by atoms with Crippen molar-refractivity contribution in [3.05, 3.63) is 58.3 Å². The van der Waals surface area contributed by atoms with Gasteiger partial charge in [0.1, 0.15) is 6.61 Å². The molecule has 0 N–H and O–H groups in total. The van der Waals surface area contributed by atoms with Crippen LogP contribution < -0.4 is 0 Å². The Hall–Kier alpha value is -1.61. The SMILES string of the molecule is c1ccc(C[C@H]2COC(c3ccsc3)=N2)cc1. The van der Waals surface area contributed by atoms with E-state index >= 15 is 0 Å². The molecule has 1 aromatic carbocycles. The van der Waals surface area contributed by atoms with Gasteiger partial charge >= 0.3 is 0 Å². The van der Waals surface area contributed by atoms with E-state index in [1.807, 2.05) is 17.5 Å². The van der Waals surface area contributed by atoms with Crippen LogP contribution in [0.3, 0.4) is 0 Å². The summed E-state index contributed by atoms with van der Waals surface area (Å²) in [5.74, 6) is 0.798. The van der Waals surface area contributed by atoms with Gasteiger partial charge in [-0.2, -0.15) is 11.3 Å². The van der Waals surface area contributed by atoms with Crippen molar-refractivity contribution in [3.8, 4) is 0 Å². The van der Waals surface area contributed by atoms with Crippen molar-refractivity contribution in [2.75, 3.05) is 6.61 Å². The van der Waals surface area contributed by atoms with Crippen LogP contribution in [0.1, 0.15) is 11.1 Å². The van der Waals surface area contributed by atoms with Crippen LogP contribution in [0.2, 0.25) is 0 Å². The molecule has 0 fully saturated rings. The van der Waals surface area contributed by atoms with Crippen LogP contribution in [0.15, 0.2) is 52.2 Å². The van der Waals surface area contributed by atoms with E-state index in [0.29, 0.717) is 6.61 Å². The van der Waals surface area contributed by atoms with Crippen molar-refractivity contribution in [1.29, 1.82) is 0 Å². The van der Waals surface area contributed by atoms with Crippen LogP contribution in [0.4, 0.5) is 0 Å². The van der Waals surface area contributed by atoms with Gasteiger partial charge in [-0.05, 0) is 23.4 Å². The monoisotopic (exact) mass is 243 g/mol. The van der Waals surface area contributed by atoms with E-state index in [9.17, 15) is 0 Å². The predicted octanol–water partition coefficient (Wildman–Crippen LogP) is 3.14. The highest BCUT2D eigenvalue weighted by molar-refractivity contribution is 7.08. The largest absolute Gasteiger partial charge is 0.475 e. The molecule has 3 rings (SSSR count). The van der Waals surface area contributed by atoms with Gasteiger partial charge in [-0.15, -0.1) is 0 Å². The Labute approximate surface area is 105 Å². The molecule has 2 aromatic rings. The van der Waals surface area contributed by atoms with Crippen LogP contribution in [0.5, 0.6) is 0 Å². The molecule has 2 heterocycles. The van der Waals surface area contributed by atoms with Crippen LogP contribution >= 0.6 is 11.3 Å². The third kappa shape index (κ3) is 2.39. The Morgan fingerprint density at radius 1 is 1.24 bits per heavy atom. The number of thiophene rings is 1. The second-order valence-electron chi connectivity index (χ2n) is 4.10. The third-order valence-corrected chi connectivity index (χ3v) is 3.48. The normalized spacial score (nSPS) is 18.8. The van der Waals surface area contributed by atoms with E-state index in [4.69, 9.17) is 4.74 Å². The van der Waals surface area contributed by atoms with Gasteiger partial charge in [0, 0.05) is 10.9 Å². The van der Waals surface area contributed by atoms with E-state index in [-0.39, 0.29) is 6.04 Å². The van der Waals surface area contributed by atoms with Gasteiger partial charge in [0.05, 0.1) is 6.04 Å². The van der Waals surface area contributed by atoms with Crippen molar-refractivity contribution in [1.82, 2.24) is 0 Å². The Morgan fingerprint density at radius 3 is 2.88 bits per heavy atom. The summed E-state index contributed by atoms with van der Waals surface area (Å²) in [5.41, 5.74) is 2.42. The number of nitrogens with zero attached hydrogens (tertiary/aromatic N) is 1. The number of benzene rings is 1. The fraction of sp³-hybridized carbons (Fsp3) is 0.214. The highest BCUT2D eigenvalue weighted by atomic mass is 32.1. The summed E-state index contributed by atoms with van der Waals surface area (Å²) < 4.78 is 5.64. The zero-order valence-electron chi connectivity index (χ0n) is 9.37. The Kier molecular flexibility index (Phi) is 2.92. The Morgan fingerprint density at radius 2 is 2.12 bits per heavy atom. The number of aliphatic imine (C=N–C) groups is 1. The zero-order valence-corrected chi connectivity index (χ0v) is 10.2. The minimum Gasteiger partial charge on any atom is -0.475 e. The number of ether oxygens (including phenoxy) is 1. The van der Waals surface area contributed by atoms with Crippen LogP contribution in [-0.4, -0.2) is 18.5 Å². The molecule has 0 unspecified atom stereocenters. The maximum Gasteiger partial charge on any atom is 0.217 e. The summed E-state index contributed by atoms with van der Waals surface area (Å²) in [5, 5.41) is 4.12. The van der Waals surface area contributed by atoms with Gasteiger partial charge in [0.2, 0.25) is 5.90 Å². The Balaban J connectivity index is 1.71. The van der Waals surface area contributed by atoms with Gasteiger partial charge in [0.25, 0.3) is 0 Å². The summed E-state index contributed by atoms with van der Waals surface area (Å²) in [6.07, 6.45) is 0.953. The molecule has 1 aliphatic rings. The first-order valence-electron chi connectivity index (χ1n) is 5.69. The second-order valence-corrected chi connectivity index (χ2v) is 4.88. The molecule has 0 saturated carbocycles. The minimum absolute atomic E-state index is 0.257. The molecule has 0 saturated heterocycles. The maximum atomic E-state index is 5.64. The van der Waals surface area contributed by atoms with Crippen LogP contribution in [-0.2, 0) is 11.2 Å². The quantitative estimate of drug-likeness (QED) is 0.811. The average Bonchev–Trinajstić information content (AvgIpc) is 3.00. The van der Waals surface area contributed by atoms with Crippen molar-refractivity contribution in [3.63, 3.8) is 0 Å². The number of rotatable bonds is 3. The van der Waals surface area contributed by atoms with E-state index < -0.39 is 0 Å². The van der Waals surface area contributed by atoms with Gasteiger partial charge in [-0.25, -0.2) is 4.99 Å². The zero-order chi connectivity index (χ0) is 11.5. The van der Waals surface area contributed by atoms with E-state index in [0.717, 1.165) is 17.9 Å². The minimum atomic E-state index is 0.257. The van der Waals surface area contributed by atoms with E-state index in [1.165, 1.54) is 5.56 Å². The molecule has 0 spiro atoms. The molecule has 0 bridgehead atoms. The smallest absolute Gasteiger partial charge is 0.217 e. The molecule has 0 amide bonds. The molecular formula is C14H13NOS. The van der Waals surface area contributed by atoms with Crippen molar-refractivity contribution < 1.29 is 4.74 Å². The first kappa shape index (κ1) is 10.5. The lowest BCUT2D eigenvalue weighted by Gasteiger charge is -2.03. The summed E-state index contributed by atoms with van der Waals surface area (Å²) in [6, 6.07) is 12.7. The fourth-order valence-corrected chi connectivity index (χ4v) is 2.58. The highest BCUT2D eigenvalue weighted by Crippen LogP contribution is 2.17. The van der Waals surface area contributed by atoms with Gasteiger partial charge in [-0.3, -0.25) is 0 Å². The summed E-state index contributed by atoms with van der Waals surface area (Å²) >= 11 is 1.67.